The van der Waals surface area contributed by atoms with Crippen molar-refractivity contribution in [3.63, 3.8) is 0 Å². The molecule has 0 atom stereocenters. The highest BCUT2D eigenvalue weighted by molar-refractivity contribution is 5.82. The molecule has 1 N–H and O–H groups in total. The minimum Gasteiger partial charge on any atom is -0.478 e. The second-order valence-electron chi connectivity index (χ2n) is 4.02. The highest BCUT2D eigenvalue weighted by Crippen LogP contribution is 2.21. The van der Waals surface area contributed by atoms with Crippen LogP contribution in [-0.2, 0) is 6.54 Å². The second kappa shape index (κ2) is 5.64. The third-order valence-electron chi connectivity index (χ3n) is 2.60. The van der Waals surface area contributed by atoms with E-state index in [9.17, 15) is 0 Å². The van der Waals surface area contributed by atoms with Gasteiger partial charge in [-0.05, 0) is 25.1 Å². The Labute approximate surface area is 102 Å². The Balaban J connectivity index is 2.43. The largest absolute Gasteiger partial charge is 0.478 e. The van der Waals surface area contributed by atoms with Gasteiger partial charge in [0.15, 0.2) is 0 Å². The molecule has 1 heterocycles. The molecule has 0 unspecified atom stereocenters. The Bertz CT molecular complexity index is 497. The molecule has 0 bridgehead atoms. The van der Waals surface area contributed by atoms with Crippen LogP contribution < -0.4 is 10.1 Å². The van der Waals surface area contributed by atoms with Crippen LogP contribution in [0.3, 0.4) is 0 Å². The minimum atomic E-state index is 0.713. The predicted octanol–water partition coefficient (Wildman–Crippen LogP) is 2.74. The third-order valence-corrected chi connectivity index (χ3v) is 2.60. The van der Waals surface area contributed by atoms with Crippen LogP contribution in [0.25, 0.3) is 10.9 Å². The van der Waals surface area contributed by atoms with E-state index in [1.54, 1.807) is 0 Å². The van der Waals surface area contributed by atoms with Gasteiger partial charge in [0, 0.05) is 18.0 Å². The van der Waals surface area contributed by atoms with E-state index >= 15 is 0 Å². The fraction of sp³-hybridized carbons (Fsp3) is 0.357. The summed E-state index contributed by atoms with van der Waals surface area (Å²) in [7, 11) is 1.95. The van der Waals surface area contributed by atoms with Crippen LogP contribution in [0.2, 0.25) is 0 Å². The number of para-hydroxylation sites is 1. The number of benzene rings is 1. The smallest absolute Gasteiger partial charge is 0.214 e. The van der Waals surface area contributed by atoms with Crippen LogP contribution in [0, 0.1) is 0 Å². The lowest BCUT2D eigenvalue weighted by molar-refractivity contribution is 0.306. The molecule has 0 fully saturated rings. The fourth-order valence-electron chi connectivity index (χ4n) is 1.84. The second-order valence-corrected chi connectivity index (χ2v) is 4.02. The molecular formula is C14H18N2O. The molecule has 90 valence electrons. The van der Waals surface area contributed by atoms with Crippen LogP contribution in [0.4, 0.5) is 0 Å². The van der Waals surface area contributed by atoms with Crippen molar-refractivity contribution in [3.05, 3.63) is 35.9 Å². The maximum Gasteiger partial charge on any atom is 0.214 e. The van der Waals surface area contributed by atoms with Gasteiger partial charge in [-0.1, -0.05) is 25.1 Å². The molecule has 1 aromatic heterocycles. The van der Waals surface area contributed by atoms with Crippen molar-refractivity contribution in [1.29, 1.82) is 0 Å². The highest BCUT2D eigenvalue weighted by Gasteiger charge is 2.05. The van der Waals surface area contributed by atoms with Gasteiger partial charge in [-0.2, -0.15) is 0 Å². The number of fused-ring (bicyclic) bond motifs is 1. The molecule has 2 aromatic rings. The molecule has 0 saturated carbocycles. The van der Waals surface area contributed by atoms with Gasteiger partial charge < -0.3 is 10.1 Å². The highest BCUT2D eigenvalue weighted by atomic mass is 16.5. The maximum absolute atomic E-state index is 5.61. The summed E-state index contributed by atoms with van der Waals surface area (Å²) in [4.78, 5) is 4.51. The number of nitrogens with one attached hydrogen (secondary N) is 1. The summed E-state index contributed by atoms with van der Waals surface area (Å²) >= 11 is 0. The minimum absolute atomic E-state index is 0.713. The summed E-state index contributed by atoms with van der Waals surface area (Å²) in [6.45, 7) is 3.63. The number of pyridine rings is 1. The average Bonchev–Trinajstić information content (AvgIpc) is 2.37. The van der Waals surface area contributed by atoms with Gasteiger partial charge in [0.05, 0.1) is 12.1 Å². The molecular weight excluding hydrogens is 212 g/mol. The molecule has 3 nitrogen and oxygen atoms in total. The van der Waals surface area contributed by atoms with Gasteiger partial charge in [-0.3, -0.25) is 0 Å². The lowest BCUT2D eigenvalue weighted by atomic mass is 10.1. The quantitative estimate of drug-likeness (QED) is 0.857. The number of rotatable bonds is 5. The molecule has 0 spiro atoms. The Morgan fingerprint density at radius 3 is 2.88 bits per heavy atom. The summed E-state index contributed by atoms with van der Waals surface area (Å²) in [6.07, 6.45) is 0.996. The molecule has 0 aliphatic rings. The molecule has 0 aliphatic heterocycles. The lowest BCUT2D eigenvalue weighted by Gasteiger charge is -2.09. The van der Waals surface area contributed by atoms with Crippen molar-refractivity contribution in [2.45, 2.75) is 19.9 Å². The van der Waals surface area contributed by atoms with E-state index in [0.717, 1.165) is 24.4 Å². The normalized spacial score (nSPS) is 10.7. The van der Waals surface area contributed by atoms with Crippen LogP contribution in [0.15, 0.2) is 30.3 Å². The maximum atomic E-state index is 5.61. The van der Waals surface area contributed by atoms with Gasteiger partial charge in [0.2, 0.25) is 5.88 Å². The number of nitrogens with zero attached hydrogens (tertiary/aromatic N) is 1. The Morgan fingerprint density at radius 1 is 1.29 bits per heavy atom. The zero-order valence-corrected chi connectivity index (χ0v) is 10.4. The number of aromatic nitrogens is 1. The van der Waals surface area contributed by atoms with E-state index < -0.39 is 0 Å². The lowest BCUT2D eigenvalue weighted by Crippen LogP contribution is -2.07. The van der Waals surface area contributed by atoms with E-state index in [2.05, 4.69) is 23.3 Å². The van der Waals surface area contributed by atoms with Gasteiger partial charge in [0.1, 0.15) is 0 Å². The van der Waals surface area contributed by atoms with Gasteiger partial charge in [-0.15, -0.1) is 0 Å². The van der Waals surface area contributed by atoms with Crippen molar-refractivity contribution < 1.29 is 4.74 Å². The van der Waals surface area contributed by atoms with E-state index in [4.69, 9.17) is 4.74 Å². The standard InChI is InChI=1S/C14H18N2O/c1-3-8-17-14-9-11(10-15-2)12-6-4-5-7-13(12)16-14/h4-7,9,15H,3,8,10H2,1-2H3. The summed E-state index contributed by atoms with van der Waals surface area (Å²) in [6, 6.07) is 10.2. The first-order valence-corrected chi connectivity index (χ1v) is 6.01. The van der Waals surface area contributed by atoms with Crippen LogP contribution in [-0.4, -0.2) is 18.6 Å². The van der Waals surface area contributed by atoms with E-state index in [0.29, 0.717) is 6.61 Å². The van der Waals surface area contributed by atoms with E-state index in [-0.39, 0.29) is 0 Å². The van der Waals surface area contributed by atoms with Crippen molar-refractivity contribution >= 4 is 10.9 Å². The zero-order valence-electron chi connectivity index (χ0n) is 10.4. The topological polar surface area (TPSA) is 34.1 Å². The number of hydrogen-bond donors (Lipinski definition) is 1. The zero-order chi connectivity index (χ0) is 12.1. The van der Waals surface area contributed by atoms with Crippen molar-refractivity contribution in [1.82, 2.24) is 10.3 Å². The Hall–Kier alpha value is -1.61. The first-order valence-electron chi connectivity index (χ1n) is 6.01. The van der Waals surface area contributed by atoms with Crippen molar-refractivity contribution in [2.75, 3.05) is 13.7 Å². The predicted molar refractivity (Wildman–Crippen MR) is 70.3 cm³/mol. The first kappa shape index (κ1) is 11.9. The van der Waals surface area contributed by atoms with Crippen molar-refractivity contribution in [3.8, 4) is 5.88 Å². The summed E-state index contributed by atoms with van der Waals surface area (Å²) in [5.41, 5.74) is 2.22. The van der Waals surface area contributed by atoms with Crippen molar-refractivity contribution in [2.24, 2.45) is 0 Å². The molecule has 0 saturated heterocycles. The van der Waals surface area contributed by atoms with Crippen LogP contribution in [0.1, 0.15) is 18.9 Å². The van der Waals surface area contributed by atoms with Gasteiger partial charge in [0.25, 0.3) is 0 Å². The molecule has 0 aliphatic carbocycles. The van der Waals surface area contributed by atoms with E-state index in [1.807, 2.05) is 31.3 Å². The summed E-state index contributed by atoms with van der Waals surface area (Å²) < 4.78 is 5.61. The number of ether oxygens (including phenoxy) is 1. The fourth-order valence-corrected chi connectivity index (χ4v) is 1.84. The third kappa shape index (κ3) is 2.74. The summed E-state index contributed by atoms with van der Waals surface area (Å²) in [5.74, 6) is 0.718. The van der Waals surface area contributed by atoms with E-state index in [1.165, 1.54) is 10.9 Å². The Kier molecular flexibility index (Phi) is 3.94. The monoisotopic (exact) mass is 230 g/mol. The Morgan fingerprint density at radius 2 is 2.12 bits per heavy atom. The average molecular weight is 230 g/mol. The summed E-state index contributed by atoms with van der Waals surface area (Å²) in [5, 5.41) is 4.36. The molecule has 3 heteroatoms. The first-order chi connectivity index (χ1) is 8.35. The molecule has 0 radical (unpaired) electrons. The van der Waals surface area contributed by atoms with Gasteiger partial charge >= 0.3 is 0 Å². The van der Waals surface area contributed by atoms with Crippen LogP contribution in [0.5, 0.6) is 5.88 Å². The molecule has 0 amide bonds. The number of hydrogen-bond acceptors (Lipinski definition) is 3. The molecule has 17 heavy (non-hydrogen) atoms. The van der Waals surface area contributed by atoms with Crippen LogP contribution >= 0.6 is 0 Å². The molecule has 2 rings (SSSR count). The SMILES string of the molecule is CCCOc1cc(CNC)c2ccccc2n1. The molecule has 1 aromatic carbocycles. The van der Waals surface area contributed by atoms with Gasteiger partial charge in [-0.25, -0.2) is 4.98 Å².